The summed E-state index contributed by atoms with van der Waals surface area (Å²) in [5.41, 5.74) is -0.183. The van der Waals surface area contributed by atoms with Gasteiger partial charge in [-0.25, -0.2) is 0 Å². The average molecular weight is 343 g/mol. The SMILES string of the molecule is O=C(Cn1cc(Br)ccc1=O)N(CCCO)C1CCC1. The normalized spacial score (nSPS) is 14.9. The highest BCUT2D eigenvalue weighted by molar-refractivity contribution is 9.10. The van der Waals surface area contributed by atoms with E-state index in [9.17, 15) is 9.59 Å². The van der Waals surface area contributed by atoms with Gasteiger partial charge in [-0.05, 0) is 47.7 Å². The van der Waals surface area contributed by atoms with Gasteiger partial charge in [0.25, 0.3) is 5.56 Å². The van der Waals surface area contributed by atoms with Gasteiger partial charge < -0.3 is 14.6 Å². The topological polar surface area (TPSA) is 62.5 Å². The number of amides is 1. The number of rotatable bonds is 6. The van der Waals surface area contributed by atoms with E-state index in [1.807, 2.05) is 4.90 Å². The van der Waals surface area contributed by atoms with Gasteiger partial charge in [-0.1, -0.05) is 0 Å². The molecule has 0 spiro atoms. The fourth-order valence-electron chi connectivity index (χ4n) is 2.31. The standard InChI is InChI=1S/C14H19BrN2O3/c15-11-5-6-13(19)16(9-11)10-14(20)17(7-2-8-18)12-3-1-4-12/h5-6,9,12,18H,1-4,7-8,10H2. The molecule has 1 saturated carbocycles. The van der Waals surface area contributed by atoms with Gasteiger partial charge in [-0.2, -0.15) is 0 Å². The van der Waals surface area contributed by atoms with Crippen molar-refractivity contribution >= 4 is 21.8 Å². The monoisotopic (exact) mass is 342 g/mol. The summed E-state index contributed by atoms with van der Waals surface area (Å²) in [6.45, 7) is 0.691. The summed E-state index contributed by atoms with van der Waals surface area (Å²) < 4.78 is 2.19. The Morgan fingerprint density at radius 2 is 2.20 bits per heavy atom. The minimum atomic E-state index is -0.183. The van der Waals surface area contributed by atoms with Crippen molar-refractivity contribution in [3.63, 3.8) is 0 Å². The predicted molar refractivity (Wildman–Crippen MR) is 79.5 cm³/mol. The Bertz CT molecular complexity index is 525. The van der Waals surface area contributed by atoms with Crippen LogP contribution in [0.1, 0.15) is 25.7 Å². The molecule has 0 unspecified atom stereocenters. The summed E-state index contributed by atoms with van der Waals surface area (Å²) in [6.07, 6.45) is 5.39. The first-order valence-electron chi connectivity index (χ1n) is 6.88. The minimum absolute atomic E-state index is 0.0525. The molecule has 5 nitrogen and oxygen atoms in total. The largest absolute Gasteiger partial charge is 0.396 e. The Morgan fingerprint density at radius 3 is 2.80 bits per heavy atom. The van der Waals surface area contributed by atoms with E-state index < -0.39 is 0 Å². The molecule has 2 rings (SSSR count). The quantitative estimate of drug-likeness (QED) is 0.849. The molecule has 0 atom stereocenters. The van der Waals surface area contributed by atoms with Crippen molar-refractivity contribution in [2.45, 2.75) is 38.3 Å². The first kappa shape index (κ1) is 15.3. The van der Waals surface area contributed by atoms with Gasteiger partial charge in [-0.3, -0.25) is 9.59 Å². The van der Waals surface area contributed by atoms with Crippen molar-refractivity contribution < 1.29 is 9.90 Å². The zero-order chi connectivity index (χ0) is 14.5. The van der Waals surface area contributed by atoms with Crippen molar-refractivity contribution in [1.29, 1.82) is 0 Å². The molecule has 1 fully saturated rings. The van der Waals surface area contributed by atoms with E-state index in [0.29, 0.717) is 13.0 Å². The highest BCUT2D eigenvalue weighted by atomic mass is 79.9. The fraction of sp³-hybridized carbons (Fsp3) is 0.571. The van der Waals surface area contributed by atoms with Crippen LogP contribution in [0.3, 0.4) is 0 Å². The van der Waals surface area contributed by atoms with Crippen LogP contribution in [0.5, 0.6) is 0 Å². The van der Waals surface area contributed by atoms with Gasteiger partial charge >= 0.3 is 0 Å². The van der Waals surface area contributed by atoms with Crippen LogP contribution in [-0.4, -0.2) is 39.7 Å². The Morgan fingerprint density at radius 1 is 1.45 bits per heavy atom. The van der Waals surface area contributed by atoms with Crippen LogP contribution < -0.4 is 5.56 Å². The third kappa shape index (κ3) is 3.70. The molecule has 0 aromatic carbocycles. The Hall–Kier alpha value is -1.14. The van der Waals surface area contributed by atoms with Crippen molar-refractivity contribution in [1.82, 2.24) is 9.47 Å². The van der Waals surface area contributed by atoms with Crippen molar-refractivity contribution in [3.8, 4) is 0 Å². The Kier molecular flexibility index (Phi) is 5.37. The van der Waals surface area contributed by atoms with Crippen molar-refractivity contribution in [2.24, 2.45) is 0 Å². The number of halogens is 1. The number of carbonyl (C=O) groups is 1. The van der Waals surface area contributed by atoms with E-state index in [4.69, 9.17) is 5.11 Å². The van der Waals surface area contributed by atoms with Crippen molar-refractivity contribution in [3.05, 3.63) is 33.2 Å². The zero-order valence-electron chi connectivity index (χ0n) is 11.3. The van der Waals surface area contributed by atoms with Crippen LogP contribution in [0.4, 0.5) is 0 Å². The Labute approximate surface area is 126 Å². The van der Waals surface area contributed by atoms with Crippen LogP contribution in [0.2, 0.25) is 0 Å². The maximum atomic E-state index is 12.4. The van der Waals surface area contributed by atoms with Gasteiger partial charge in [0.2, 0.25) is 5.91 Å². The maximum absolute atomic E-state index is 12.4. The van der Waals surface area contributed by atoms with Gasteiger partial charge in [-0.15, -0.1) is 0 Å². The highest BCUT2D eigenvalue weighted by Crippen LogP contribution is 2.25. The van der Waals surface area contributed by atoms with Gasteiger partial charge in [0, 0.05) is 35.9 Å². The summed E-state index contributed by atoms with van der Waals surface area (Å²) in [5.74, 6) is -0.0525. The fourth-order valence-corrected chi connectivity index (χ4v) is 2.69. The summed E-state index contributed by atoms with van der Waals surface area (Å²) in [5, 5.41) is 8.94. The molecule has 110 valence electrons. The van der Waals surface area contributed by atoms with Crippen LogP contribution >= 0.6 is 15.9 Å². The van der Waals surface area contributed by atoms with Crippen LogP contribution in [-0.2, 0) is 11.3 Å². The number of hydrogen-bond donors (Lipinski definition) is 1. The number of aromatic nitrogens is 1. The molecule has 1 heterocycles. The summed E-state index contributed by atoms with van der Waals surface area (Å²) >= 11 is 3.30. The third-order valence-corrected chi connectivity index (χ3v) is 4.12. The third-order valence-electron chi connectivity index (χ3n) is 3.65. The van der Waals surface area contributed by atoms with E-state index in [1.165, 1.54) is 10.6 Å². The van der Waals surface area contributed by atoms with Gasteiger partial charge in [0.05, 0.1) is 0 Å². The molecule has 0 aliphatic heterocycles. The second-order valence-electron chi connectivity index (χ2n) is 5.06. The summed E-state index contributed by atoms with van der Waals surface area (Å²) in [7, 11) is 0. The van der Waals surface area contributed by atoms with Crippen LogP contribution in [0.25, 0.3) is 0 Å². The van der Waals surface area contributed by atoms with E-state index in [0.717, 1.165) is 23.7 Å². The van der Waals surface area contributed by atoms with Gasteiger partial charge in [0.1, 0.15) is 6.54 Å². The van der Waals surface area contributed by atoms with Crippen molar-refractivity contribution in [2.75, 3.05) is 13.2 Å². The zero-order valence-corrected chi connectivity index (χ0v) is 12.9. The average Bonchev–Trinajstić information content (AvgIpc) is 2.36. The molecule has 6 heteroatoms. The smallest absolute Gasteiger partial charge is 0.251 e. The molecule has 1 aliphatic carbocycles. The molecule has 0 radical (unpaired) electrons. The number of carbonyl (C=O) groups excluding carboxylic acids is 1. The van der Waals surface area contributed by atoms with E-state index in [-0.39, 0.29) is 30.7 Å². The molecule has 1 amide bonds. The maximum Gasteiger partial charge on any atom is 0.251 e. The van der Waals surface area contributed by atoms with E-state index >= 15 is 0 Å². The lowest BCUT2D eigenvalue weighted by Crippen LogP contribution is -2.47. The second kappa shape index (κ2) is 7.04. The molecular formula is C14H19BrN2O3. The lowest BCUT2D eigenvalue weighted by molar-refractivity contribution is -0.136. The van der Waals surface area contributed by atoms with Crippen LogP contribution in [0, 0.1) is 0 Å². The number of hydrogen-bond acceptors (Lipinski definition) is 3. The minimum Gasteiger partial charge on any atom is -0.396 e. The first-order valence-corrected chi connectivity index (χ1v) is 7.67. The molecule has 1 aliphatic rings. The number of aliphatic hydroxyl groups excluding tert-OH is 1. The molecule has 1 N–H and O–H groups in total. The molecular weight excluding hydrogens is 324 g/mol. The van der Waals surface area contributed by atoms with Gasteiger partial charge in [0.15, 0.2) is 0 Å². The van der Waals surface area contributed by atoms with E-state index in [1.54, 1.807) is 12.3 Å². The molecule has 1 aromatic rings. The Balaban J connectivity index is 2.07. The number of pyridine rings is 1. The summed E-state index contributed by atoms with van der Waals surface area (Å²) in [6, 6.07) is 3.38. The lowest BCUT2D eigenvalue weighted by atomic mass is 9.91. The van der Waals surface area contributed by atoms with Crippen LogP contribution in [0.15, 0.2) is 27.6 Å². The first-order chi connectivity index (χ1) is 9.61. The number of nitrogens with zero attached hydrogens (tertiary/aromatic N) is 2. The number of aliphatic hydroxyl groups is 1. The lowest BCUT2D eigenvalue weighted by Gasteiger charge is -2.37. The molecule has 1 aromatic heterocycles. The van der Waals surface area contributed by atoms with E-state index in [2.05, 4.69) is 15.9 Å². The second-order valence-corrected chi connectivity index (χ2v) is 5.98. The summed E-state index contributed by atoms with van der Waals surface area (Å²) in [4.78, 5) is 25.9. The highest BCUT2D eigenvalue weighted by Gasteiger charge is 2.28. The predicted octanol–water partition coefficient (Wildman–Crippen LogP) is 1.37. The molecule has 20 heavy (non-hydrogen) atoms. The molecule has 0 saturated heterocycles. The molecule has 0 bridgehead atoms.